The van der Waals surface area contributed by atoms with E-state index in [-0.39, 0.29) is 11.3 Å². The number of nitrogens with zero attached hydrogens (tertiary/aromatic N) is 2. The number of rotatable bonds is 6. The van der Waals surface area contributed by atoms with Crippen LogP contribution in [0.5, 0.6) is 0 Å². The van der Waals surface area contributed by atoms with E-state index in [0.29, 0.717) is 18.1 Å². The number of aromatic nitrogens is 2. The van der Waals surface area contributed by atoms with E-state index in [0.717, 1.165) is 0 Å². The molecule has 0 saturated heterocycles. The van der Waals surface area contributed by atoms with E-state index in [4.69, 9.17) is 9.84 Å². The van der Waals surface area contributed by atoms with Crippen LogP contribution in [0.15, 0.2) is 6.20 Å². The molecule has 1 aromatic heterocycles. The van der Waals surface area contributed by atoms with Crippen molar-refractivity contribution < 1.29 is 18.8 Å². The molecule has 7 heteroatoms. The minimum atomic E-state index is -1.14. The molecule has 0 fully saturated rings. The molecule has 1 N–H and O–H groups in total. The van der Waals surface area contributed by atoms with Crippen molar-refractivity contribution in [1.82, 2.24) is 9.78 Å². The molecule has 0 aromatic carbocycles. The second-order valence-electron chi connectivity index (χ2n) is 3.21. The molecule has 0 bridgehead atoms. The first kappa shape index (κ1) is 12.9. The van der Waals surface area contributed by atoms with Gasteiger partial charge in [-0.3, -0.25) is 8.89 Å². The number of carboxylic acids is 1. The van der Waals surface area contributed by atoms with Crippen LogP contribution in [0, 0.1) is 0 Å². The number of aryl methyl sites for hydroxylation is 1. The summed E-state index contributed by atoms with van der Waals surface area (Å²) in [6, 6.07) is 0. The zero-order valence-corrected chi connectivity index (χ0v) is 9.99. The second-order valence-corrected chi connectivity index (χ2v) is 4.79. The summed E-state index contributed by atoms with van der Waals surface area (Å²) in [5, 5.41) is 12.7. The summed E-state index contributed by atoms with van der Waals surface area (Å²) in [6.07, 6.45) is 1.27. The molecule has 0 aliphatic carbocycles. The van der Waals surface area contributed by atoms with Crippen molar-refractivity contribution in [3.63, 3.8) is 0 Å². The maximum absolute atomic E-state index is 11.6. The fraction of sp³-hybridized carbons (Fsp3) is 0.556. The van der Waals surface area contributed by atoms with Crippen molar-refractivity contribution >= 4 is 16.8 Å². The molecule has 16 heavy (non-hydrogen) atoms. The van der Waals surface area contributed by atoms with E-state index in [1.165, 1.54) is 18.0 Å². The van der Waals surface area contributed by atoms with E-state index in [2.05, 4.69) is 5.10 Å². The average molecular weight is 246 g/mol. The molecule has 1 aromatic rings. The second kappa shape index (κ2) is 5.76. The van der Waals surface area contributed by atoms with Gasteiger partial charge in [0.1, 0.15) is 5.56 Å². The summed E-state index contributed by atoms with van der Waals surface area (Å²) in [4.78, 5) is 10.9. The van der Waals surface area contributed by atoms with Crippen LogP contribution in [0.1, 0.15) is 16.1 Å². The quantitative estimate of drug-likeness (QED) is 0.765. The topological polar surface area (TPSA) is 81.4 Å². The smallest absolute Gasteiger partial charge is 0.339 e. The van der Waals surface area contributed by atoms with Gasteiger partial charge in [-0.15, -0.1) is 0 Å². The molecule has 0 amide bonds. The normalized spacial score (nSPS) is 12.6. The Bertz CT molecular complexity index is 402. The number of hydrogen-bond donors (Lipinski definition) is 1. The molecular weight excluding hydrogens is 232 g/mol. The van der Waals surface area contributed by atoms with Crippen molar-refractivity contribution in [1.29, 1.82) is 0 Å². The van der Waals surface area contributed by atoms with E-state index in [1.54, 1.807) is 7.05 Å². The van der Waals surface area contributed by atoms with Gasteiger partial charge in [0.05, 0.1) is 24.3 Å². The Balaban J connectivity index is 2.76. The van der Waals surface area contributed by atoms with Gasteiger partial charge in [-0.1, -0.05) is 0 Å². The fourth-order valence-corrected chi connectivity index (χ4v) is 2.36. The van der Waals surface area contributed by atoms with Gasteiger partial charge in [-0.25, -0.2) is 4.79 Å². The van der Waals surface area contributed by atoms with Gasteiger partial charge in [0.2, 0.25) is 0 Å². The van der Waals surface area contributed by atoms with E-state index >= 15 is 0 Å². The van der Waals surface area contributed by atoms with E-state index in [9.17, 15) is 9.00 Å². The predicted molar refractivity (Wildman–Crippen MR) is 58.8 cm³/mol. The van der Waals surface area contributed by atoms with Crippen molar-refractivity contribution in [2.24, 2.45) is 7.05 Å². The van der Waals surface area contributed by atoms with Crippen molar-refractivity contribution in [3.05, 3.63) is 17.5 Å². The Morgan fingerprint density at radius 1 is 1.69 bits per heavy atom. The van der Waals surface area contributed by atoms with Gasteiger partial charge in [0.15, 0.2) is 0 Å². The standard InChI is InChI=1S/C9H14N2O4S/c1-11-8(6-16(14)4-3-15-2)7(5-10-11)9(12)13/h5H,3-4,6H2,1-2H3,(H,12,13). The van der Waals surface area contributed by atoms with Gasteiger partial charge >= 0.3 is 5.97 Å². The molecule has 1 heterocycles. The van der Waals surface area contributed by atoms with Crippen LogP contribution >= 0.6 is 0 Å². The maximum atomic E-state index is 11.6. The third-order valence-corrected chi connectivity index (χ3v) is 3.32. The highest BCUT2D eigenvalue weighted by Crippen LogP contribution is 2.10. The van der Waals surface area contributed by atoms with E-state index < -0.39 is 16.8 Å². The molecule has 1 unspecified atom stereocenters. The lowest BCUT2D eigenvalue weighted by Gasteiger charge is -2.04. The van der Waals surface area contributed by atoms with E-state index in [1.807, 2.05) is 0 Å². The van der Waals surface area contributed by atoms with Crippen molar-refractivity contribution in [3.8, 4) is 0 Å². The maximum Gasteiger partial charge on any atom is 0.339 e. The largest absolute Gasteiger partial charge is 0.478 e. The minimum absolute atomic E-state index is 0.105. The van der Waals surface area contributed by atoms with Crippen LogP contribution in [0.4, 0.5) is 0 Å². The minimum Gasteiger partial charge on any atom is -0.478 e. The first-order valence-electron chi connectivity index (χ1n) is 4.64. The molecule has 1 atom stereocenters. The Hall–Kier alpha value is -1.21. The molecule has 90 valence electrons. The lowest BCUT2D eigenvalue weighted by atomic mass is 10.3. The molecular formula is C9H14N2O4S. The van der Waals surface area contributed by atoms with Gasteiger partial charge in [-0.05, 0) is 0 Å². The summed E-state index contributed by atoms with van der Waals surface area (Å²) in [7, 11) is 2.03. The van der Waals surface area contributed by atoms with Crippen LogP contribution < -0.4 is 0 Å². The summed E-state index contributed by atoms with van der Waals surface area (Å²) in [6.45, 7) is 0.396. The summed E-state index contributed by atoms with van der Waals surface area (Å²) in [5.74, 6) is -0.478. The van der Waals surface area contributed by atoms with Crippen LogP contribution in [-0.4, -0.2) is 44.5 Å². The molecule has 0 aliphatic heterocycles. The van der Waals surface area contributed by atoms with Crippen molar-refractivity contribution in [2.45, 2.75) is 5.75 Å². The number of ether oxygens (including phenoxy) is 1. The van der Waals surface area contributed by atoms with Crippen LogP contribution in [-0.2, 0) is 28.3 Å². The molecule has 0 spiro atoms. The van der Waals surface area contributed by atoms with Crippen LogP contribution in [0.3, 0.4) is 0 Å². The first-order valence-corrected chi connectivity index (χ1v) is 6.13. The Kier molecular flexibility index (Phi) is 4.63. The Morgan fingerprint density at radius 3 is 2.94 bits per heavy atom. The average Bonchev–Trinajstić information content (AvgIpc) is 2.58. The number of aromatic carboxylic acids is 1. The highest BCUT2D eigenvalue weighted by molar-refractivity contribution is 7.84. The van der Waals surface area contributed by atoms with Crippen molar-refractivity contribution in [2.75, 3.05) is 19.5 Å². The number of hydrogen-bond acceptors (Lipinski definition) is 4. The van der Waals surface area contributed by atoms with Gasteiger partial charge in [-0.2, -0.15) is 5.10 Å². The Morgan fingerprint density at radius 2 is 2.38 bits per heavy atom. The number of carboxylic acid groups (broad SMARTS) is 1. The van der Waals surface area contributed by atoms with Crippen LogP contribution in [0.2, 0.25) is 0 Å². The molecule has 0 saturated carbocycles. The fourth-order valence-electron chi connectivity index (χ4n) is 1.21. The highest BCUT2D eigenvalue weighted by Gasteiger charge is 2.16. The third-order valence-electron chi connectivity index (χ3n) is 2.10. The SMILES string of the molecule is COCCS(=O)Cc1c(C(=O)O)cnn1C. The van der Waals surface area contributed by atoms with Crippen LogP contribution in [0.25, 0.3) is 0 Å². The highest BCUT2D eigenvalue weighted by atomic mass is 32.2. The first-order chi connectivity index (χ1) is 7.56. The molecule has 0 radical (unpaired) electrons. The lowest BCUT2D eigenvalue weighted by molar-refractivity contribution is 0.0696. The molecule has 6 nitrogen and oxygen atoms in total. The summed E-state index contributed by atoms with van der Waals surface area (Å²) >= 11 is 0. The zero-order valence-electron chi connectivity index (χ0n) is 9.17. The number of carbonyl (C=O) groups is 1. The molecule has 0 aliphatic rings. The monoisotopic (exact) mass is 246 g/mol. The number of methoxy groups -OCH3 is 1. The zero-order chi connectivity index (χ0) is 12.1. The predicted octanol–water partition coefficient (Wildman–Crippen LogP) is 0.0134. The van der Waals surface area contributed by atoms with Gasteiger partial charge in [0.25, 0.3) is 0 Å². The summed E-state index contributed by atoms with van der Waals surface area (Å²) in [5.41, 5.74) is 0.579. The molecule has 1 rings (SSSR count). The lowest BCUT2D eigenvalue weighted by Crippen LogP contribution is -2.12. The third kappa shape index (κ3) is 3.14. The summed E-state index contributed by atoms with van der Waals surface area (Å²) < 4.78 is 17.8. The Labute approximate surface area is 95.7 Å². The van der Waals surface area contributed by atoms with Gasteiger partial charge < -0.3 is 9.84 Å². The van der Waals surface area contributed by atoms with Gasteiger partial charge in [0, 0.05) is 30.7 Å².